The van der Waals surface area contributed by atoms with Gasteiger partial charge in [-0.05, 0) is 24.8 Å². The Labute approximate surface area is 85.1 Å². The van der Waals surface area contributed by atoms with Crippen molar-refractivity contribution in [2.75, 3.05) is 5.73 Å². The molecular formula is C10H10F2N2O. The highest BCUT2D eigenvalue weighted by atomic mass is 19.1. The van der Waals surface area contributed by atoms with Gasteiger partial charge in [-0.3, -0.25) is 4.79 Å². The Kier molecular flexibility index (Phi) is 2.10. The standard InChI is InChI=1S/C10H10F2N2O/c11-8-5(10(14)15)3-6(13)9(12)7(8)4-1-2-4/h3-4H,1-2,13H2,(H2,14,15). The van der Waals surface area contributed by atoms with Crippen LogP contribution in [0.3, 0.4) is 0 Å². The van der Waals surface area contributed by atoms with Crippen LogP contribution in [0.15, 0.2) is 6.07 Å². The van der Waals surface area contributed by atoms with E-state index in [0.29, 0.717) is 0 Å². The van der Waals surface area contributed by atoms with Gasteiger partial charge in [-0.25, -0.2) is 8.78 Å². The van der Waals surface area contributed by atoms with Gasteiger partial charge in [0, 0.05) is 5.56 Å². The van der Waals surface area contributed by atoms with E-state index in [-0.39, 0.29) is 22.7 Å². The topological polar surface area (TPSA) is 69.1 Å². The van der Waals surface area contributed by atoms with Crippen molar-refractivity contribution in [2.24, 2.45) is 5.73 Å². The summed E-state index contributed by atoms with van der Waals surface area (Å²) in [5.41, 5.74) is 9.65. The van der Waals surface area contributed by atoms with E-state index in [0.717, 1.165) is 18.9 Å². The summed E-state index contributed by atoms with van der Waals surface area (Å²) in [5, 5.41) is 0. The molecule has 0 atom stereocenters. The fourth-order valence-corrected chi connectivity index (χ4v) is 1.59. The van der Waals surface area contributed by atoms with Gasteiger partial charge in [0.1, 0.15) is 5.82 Å². The molecule has 0 unspecified atom stereocenters. The van der Waals surface area contributed by atoms with Gasteiger partial charge in [0.2, 0.25) is 0 Å². The molecule has 1 aliphatic rings. The number of nitrogen functional groups attached to an aromatic ring is 1. The van der Waals surface area contributed by atoms with Gasteiger partial charge in [0.25, 0.3) is 5.91 Å². The smallest absolute Gasteiger partial charge is 0.251 e. The summed E-state index contributed by atoms with van der Waals surface area (Å²) >= 11 is 0. The Morgan fingerprint density at radius 2 is 1.93 bits per heavy atom. The van der Waals surface area contributed by atoms with Crippen LogP contribution in [0.5, 0.6) is 0 Å². The van der Waals surface area contributed by atoms with E-state index >= 15 is 0 Å². The van der Waals surface area contributed by atoms with E-state index in [1.165, 1.54) is 0 Å². The van der Waals surface area contributed by atoms with Gasteiger partial charge in [-0.15, -0.1) is 0 Å². The molecule has 0 spiro atoms. The molecule has 0 aliphatic heterocycles. The summed E-state index contributed by atoms with van der Waals surface area (Å²) in [5.74, 6) is -2.72. The molecule has 0 radical (unpaired) electrons. The fourth-order valence-electron chi connectivity index (χ4n) is 1.59. The van der Waals surface area contributed by atoms with Crippen molar-refractivity contribution in [1.82, 2.24) is 0 Å². The Bertz CT molecular complexity index is 442. The minimum Gasteiger partial charge on any atom is -0.396 e. The summed E-state index contributed by atoms with van der Waals surface area (Å²) in [4.78, 5) is 10.9. The second-order valence-electron chi connectivity index (χ2n) is 3.69. The molecule has 0 heterocycles. The Balaban J connectivity index is 2.65. The van der Waals surface area contributed by atoms with Crippen LogP contribution >= 0.6 is 0 Å². The Morgan fingerprint density at radius 3 is 2.40 bits per heavy atom. The van der Waals surface area contributed by atoms with Crippen LogP contribution in [0.4, 0.5) is 14.5 Å². The second kappa shape index (κ2) is 3.18. The zero-order chi connectivity index (χ0) is 11.2. The third kappa shape index (κ3) is 1.54. The maximum Gasteiger partial charge on any atom is 0.251 e. The maximum absolute atomic E-state index is 13.7. The normalized spacial score (nSPS) is 15.3. The number of anilines is 1. The number of amides is 1. The number of primary amides is 1. The average molecular weight is 212 g/mol. The van der Waals surface area contributed by atoms with Gasteiger partial charge in [-0.1, -0.05) is 0 Å². The molecule has 1 saturated carbocycles. The second-order valence-corrected chi connectivity index (χ2v) is 3.69. The van der Waals surface area contributed by atoms with Crippen molar-refractivity contribution < 1.29 is 13.6 Å². The van der Waals surface area contributed by atoms with Crippen LogP contribution in [0, 0.1) is 11.6 Å². The van der Waals surface area contributed by atoms with Crippen molar-refractivity contribution in [2.45, 2.75) is 18.8 Å². The van der Waals surface area contributed by atoms with Crippen LogP contribution in [-0.2, 0) is 0 Å². The molecule has 1 fully saturated rings. The monoisotopic (exact) mass is 212 g/mol. The molecule has 1 aromatic rings. The summed E-state index contributed by atoms with van der Waals surface area (Å²) in [6, 6.07) is 0.943. The van der Waals surface area contributed by atoms with E-state index in [1.807, 2.05) is 0 Å². The molecular weight excluding hydrogens is 202 g/mol. The molecule has 4 N–H and O–H groups in total. The van der Waals surface area contributed by atoms with Crippen LogP contribution in [0.2, 0.25) is 0 Å². The number of halogens is 2. The first kappa shape index (κ1) is 9.89. The summed E-state index contributed by atoms with van der Waals surface area (Å²) in [6.07, 6.45) is 1.44. The third-order valence-corrected chi connectivity index (χ3v) is 2.51. The zero-order valence-corrected chi connectivity index (χ0v) is 7.89. The van der Waals surface area contributed by atoms with E-state index in [9.17, 15) is 13.6 Å². The SMILES string of the molecule is NC(=O)c1cc(N)c(F)c(C2CC2)c1F. The first-order valence-corrected chi connectivity index (χ1v) is 4.59. The summed E-state index contributed by atoms with van der Waals surface area (Å²) < 4.78 is 27.1. The molecule has 2 rings (SSSR count). The maximum atomic E-state index is 13.7. The van der Waals surface area contributed by atoms with E-state index in [1.54, 1.807) is 0 Å². The molecule has 80 valence electrons. The Hall–Kier alpha value is -1.65. The largest absolute Gasteiger partial charge is 0.396 e. The third-order valence-electron chi connectivity index (χ3n) is 2.51. The minimum absolute atomic E-state index is 0.0937. The van der Waals surface area contributed by atoms with Crippen molar-refractivity contribution in [1.29, 1.82) is 0 Å². The molecule has 1 aromatic carbocycles. The van der Waals surface area contributed by atoms with Crippen molar-refractivity contribution >= 4 is 11.6 Å². The molecule has 5 heteroatoms. The van der Waals surface area contributed by atoms with E-state index in [4.69, 9.17) is 11.5 Å². The average Bonchev–Trinajstić information content (AvgIpc) is 2.95. The summed E-state index contributed by atoms with van der Waals surface area (Å²) in [6.45, 7) is 0. The van der Waals surface area contributed by atoms with E-state index < -0.39 is 17.5 Å². The molecule has 3 nitrogen and oxygen atoms in total. The lowest BCUT2D eigenvalue weighted by molar-refractivity contribution is 0.0996. The highest BCUT2D eigenvalue weighted by Gasteiger charge is 2.32. The van der Waals surface area contributed by atoms with Crippen molar-refractivity contribution in [3.05, 3.63) is 28.8 Å². The number of nitrogens with two attached hydrogens (primary N) is 2. The predicted molar refractivity (Wildman–Crippen MR) is 51.3 cm³/mol. The molecule has 15 heavy (non-hydrogen) atoms. The van der Waals surface area contributed by atoms with Crippen molar-refractivity contribution in [3.8, 4) is 0 Å². The molecule has 0 saturated heterocycles. The predicted octanol–water partition coefficient (Wildman–Crippen LogP) is 1.52. The van der Waals surface area contributed by atoms with Gasteiger partial charge in [-0.2, -0.15) is 0 Å². The minimum atomic E-state index is -0.930. The van der Waals surface area contributed by atoms with Gasteiger partial charge in [0.15, 0.2) is 5.82 Å². The van der Waals surface area contributed by atoms with Gasteiger partial charge >= 0.3 is 0 Å². The molecule has 1 amide bonds. The van der Waals surface area contributed by atoms with Gasteiger partial charge < -0.3 is 11.5 Å². The van der Waals surface area contributed by atoms with Crippen LogP contribution in [0.25, 0.3) is 0 Å². The highest BCUT2D eigenvalue weighted by Crippen LogP contribution is 2.44. The first-order chi connectivity index (χ1) is 7.02. The van der Waals surface area contributed by atoms with E-state index in [2.05, 4.69) is 0 Å². The number of hydrogen-bond acceptors (Lipinski definition) is 2. The number of hydrogen-bond donors (Lipinski definition) is 2. The van der Waals surface area contributed by atoms with Crippen LogP contribution in [0.1, 0.15) is 34.7 Å². The summed E-state index contributed by atoms with van der Waals surface area (Å²) in [7, 11) is 0. The number of rotatable bonds is 2. The first-order valence-electron chi connectivity index (χ1n) is 4.59. The van der Waals surface area contributed by atoms with Gasteiger partial charge in [0.05, 0.1) is 11.3 Å². The molecule has 0 bridgehead atoms. The quantitative estimate of drug-likeness (QED) is 0.730. The lowest BCUT2D eigenvalue weighted by Gasteiger charge is -2.09. The number of benzene rings is 1. The van der Waals surface area contributed by atoms with Crippen molar-refractivity contribution in [3.63, 3.8) is 0 Å². The molecule has 0 aromatic heterocycles. The Morgan fingerprint density at radius 1 is 1.33 bits per heavy atom. The number of carbonyl (C=O) groups excluding carboxylic acids is 1. The fraction of sp³-hybridized carbons (Fsp3) is 0.300. The lowest BCUT2D eigenvalue weighted by atomic mass is 10.0. The number of carbonyl (C=O) groups is 1. The molecule has 1 aliphatic carbocycles. The zero-order valence-electron chi connectivity index (χ0n) is 7.89. The highest BCUT2D eigenvalue weighted by molar-refractivity contribution is 5.94. The van der Waals surface area contributed by atoms with Crippen LogP contribution in [-0.4, -0.2) is 5.91 Å². The lowest BCUT2D eigenvalue weighted by Crippen LogP contribution is -2.16. The van der Waals surface area contributed by atoms with Crippen LogP contribution < -0.4 is 11.5 Å².